The molecule has 0 heterocycles. The maximum Gasteiger partial charge on any atom is 0.190 e. The molecule has 0 N–H and O–H groups in total. The fourth-order valence-electron chi connectivity index (χ4n) is 1.43. The molecule has 0 radical (unpaired) electrons. The van der Waals surface area contributed by atoms with Crippen LogP contribution in [0.4, 0.5) is 0 Å². The first-order valence-electron chi connectivity index (χ1n) is 4.58. The molecule has 0 spiro atoms. The monoisotopic (exact) mass is 210 g/mol. The molecule has 2 heteroatoms. The standard InChI is InChI=1S/C11H15ClSi/c1-3-10-13(12,4-2)11-8-6-5-7-9-11/h3,5-9H,1,4,10H2,2H3. The Balaban J connectivity index is 2.95. The molecule has 0 amide bonds. The molecule has 0 aliphatic heterocycles. The Morgan fingerprint density at radius 2 is 2.00 bits per heavy atom. The van der Waals surface area contributed by atoms with E-state index in [2.05, 4.69) is 37.8 Å². The summed E-state index contributed by atoms with van der Waals surface area (Å²) >= 11 is 6.62. The number of halogens is 1. The third-order valence-electron chi connectivity index (χ3n) is 2.32. The van der Waals surface area contributed by atoms with Crippen LogP contribution in [0.15, 0.2) is 43.0 Å². The van der Waals surface area contributed by atoms with Gasteiger partial charge in [0.1, 0.15) is 0 Å². The predicted molar refractivity (Wildman–Crippen MR) is 63.2 cm³/mol. The van der Waals surface area contributed by atoms with Gasteiger partial charge in [0, 0.05) is 0 Å². The number of rotatable bonds is 4. The zero-order valence-electron chi connectivity index (χ0n) is 7.96. The number of hydrogen-bond acceptors (Lipinski definition) is 0. The topological polar surface area (TPSA) is 0 Å². The average Bonchev–Trinajstić information content (AvgIpc) is 2.19. The number of benzene rings is 1. The Labute approximate surface area is 86.0 Å². The molecule has 1 aromatic rings. The van der Waals surface area contributed by atoms with Crippen LogP contribution in [0.1, 0.15) is 6.92 Å². The van der Waals surface area contributed by atoms with E-state index < -0.39 is 7.38 Å². The fourth-order valence-corrected chi connectivity index (χ4v) is 4.32. The predicted octanol–water partition coefficient (Wildman–Crippen LogP) is 3.28. The van der Waals surface area contributed by atoms with E-state index in [9.17, 15) is 0 Å². The minimum Gasteiger partial charge on any atom is -0.161 e. The van der Waals surface area contributed by atoms with Gasteiger partial charge in [-0.15, -0.1) is 6.58 Å². The van der Waals surface area contributed by atoms with E-state index in [1.54, 1.807) is 0 Å². The van der Waals surface area contributed by atoms with E-state index in [0.717, 1.165) is 12.1 Å². The van der Waals surface area contributed by atoms with Crippen molar-refractivity contribution in [2.45, 2.75) is 19.0 Å². The Hall–Kier alpha value is -0.533. The highest BCUT2D eigenvalue weighted by molar-refractivity contribution is 7.27. The van der Waals surface area contributed by atoms with Crippen molar-refractivity contribution in [3.8, 4) is 0 Å². The summed E-state index contributed by atoms with van der Waals surface area (Å²) in [4.78, 5) is 0. The summed E-state index contributed by atoms with van der Waals surface area (Å²) in [5, 5.41) is 1.32. The molecule has 1 unspecified atom stereocenters. The quantitative estimate of drug-likeness (QED) is 0.407. The first-order valence-corrected chi connectivity index (χ1v) is 8.01. The van der Waals surface area contributed by atoms with Gasteiger partial charge >= 0.3 is 0 Å². The molecule has 0 bridgehead atoms. The second kappa shape index (κ2) is 4.63. The molecule has 0 fully saturated rings. The van der Waals surface area contributed by atoms with Gasteiger partial charge in [0.15, 0.2) is 7.38 Å². The highest BCUT2D eigenvalue weighted by Crippen LogP contribution is 2.20. The molecule has 0 aliphatic rings. The first-order chi connectivity index (χ1) is 6.23. The Kier molecular flexibility index (Phi) is 3.76. The van der Waals surface area contributed by atoms with Gasteiger partial charge in [0.25, 0.3) is 0 Å². The van der Waals surface area contributed by atoms with Crippen molar-refractivity contribution in [3.05, 3.63) is 43.0 Å². The number of hydrogen-bond donors (Lipinski definition) is 0. The van der Waals surface area contributed by atoms with E-state index in [1.807, 2.05) is 12.1 Å². The molecule has 13 heavy (non-hydrogen) atoms. The molecule has 0 saturated heterocycles. The summed E-state index contributed by atoms with van der Waals surface area (Å²) in [7, 11) is -1.75. The van der Waals surface area contributed by atoms with E-state index in [-0.39, 0.29) is 0 Å². The van der Waals surface area contributed by atoms with Gasteiger partial charge in [-0.05, 0) is 17.3 Å². The maximum atomic E-state index is 6.62. The normalized spacial score (nSPS) is 14.9. The molecular weight excluding hydrogens is 196 g/mol. The van der Waals surface area contributed by atoms with Crippen LogP contribution in [0.5, 0.6) is 0 Å². The van der Waals surface area contributed by atoms with Crippen molar-refractivity contribution in [3.63, 3.8) is 0 Å². The smallest absolute Gasteiger partial charge is 0.161 e. The second-order valence-corrected chi connectivity index (χ2v) is 8.97. The summed E-state index contributed by atoms with van der Waals surface area (Å²) < 4.78 is 0. The van der Waals surface area contributed by atoms with Gasteiger partial charge in [-0.25, -0.2) is 0 Å². The second-order valence-electron chi connectivity index (χ2n) is 3.18. The summed E-state index contributed by atoms with van der Waals surface area (Å²) in [6, 6.07) is 12.4. The summed E-state index contributed by atoms with van der Waals surface area (Å²) in [5.74, 6) is 0. The van der Waals surface area contributed by atoms with Crippen LogP contribution in [-0.4, -0.2) is 7.38 Å². The van der Waals surface area contributed by atoms with Crippen molar-refractivity contribution in [2.24, 2.45) is 0 Å². The summed E-state index contributed by atoms with van der Waals surface area (Å²) in [6.07, 6.45) is 1.94. The molecule has 1 rings (SSSR count). The first kappa shape index (κ1) is 10.5. The van der Waals surface area contributed by atoms with Gasteiger partial charge in [-0.2, -0.15) is 11.1 Å². The fraction of sp³-hybridized carbons (Fsp3) is 0.273. The third kappa shape index (κ3) is 2.45. The molecule has 0 saturated carbocycles. The van der Waals surface area contributed by atoms with Gasteiger partial charge in [-0.3, -0.25) is 0 Å². The van der Waals surface area contributed by atoms with Crippen molar-refractivity contribution < 1.29 is 0 Å². The molecule has 0 aliphatic carbocycles. The van der Waals surface area contributed by atoms with E-state index in [0.29, 0.717) is 0 Å². The molecule has 70 valence electrons. The van der Waals surface area contributed by atoms with Crippen LogP contribution in [-0.2, 0) is 0 Å². The van der Waals surface area contributed by atoms with Crippen LogP contribution in [0, 0.1) is 0 Å². The van der Waals surface area contributed by atoms with E-state index >= 15 is 0 Å². The molecule has 0 aromatic heterocycles. The largest absolute Gasteiger partial charge is 0.190 e. The van der Waals surface area contributed by atoms with Gasteiger partial charge in [0.05, 0.1) is 0 Å². The molecule has 0 nitrogen and oxygen atoms in total. The summed E-state index contributed by atoms with van der Waals surface area (Å²) in [5.41, 5.74) is 0. The van der Waals surface area contributed by atoms with Crippen LogP contribution in [0.3, 0.4) is 0 Å². The van der Waals surface area contributed by atoms with Crippen molar-refractivity contribution in [1.29, 1.82) is 0 Å². The lowest BCUT2D eigenvalue weighted by atomic mass is 10.4. The lowest BCUT2D eigenvalue weighted by Gasteiger charge is -2.21. The average molecular weight is 211 g/mol. The van der Waals surface area contributed by atoms with Gasteiger partial charge < -0.3 is 0 Å². The minimum absolute atomic E-state index is 0.953. The van der Waals surface area contributed by atoms with Crippen molar-refractivity contribution in [1.82, 2.24) is 0 Å². The molecule has 1 aromatic carbocycles. The summed E-state index contributed by atoms with van der Waals surface area (Å²) in [6.45, 7) is 5.93. The van der Waals surface area contributed by atoms with Crippen LogP contribution < -0.4 is 5.19 Å². The molecule has 1 atom stereocenters. The zero-order valence-corrected chi connectivity index (χ0v) is 9.72. The third-order valence-corrected chi connectivity index (χ3v) is 7.66. The van der Waals surface area contributed by atoms with Crippen LogP contribution in [0.25, 0.3) is 0 Å². The zero-order chi connectivity index (χ0) is 9.73. The minimum atomic E-state index is -1.75. The maximum absolute atomic E-state index is 6.62. The molecular formula is C11H15ClSi. The number of allylic oxidation sites excluding steroid dienone is 1. The SMILES string of the molecule is C=CC[Si](Cl)(CC)c1ccccc1. The van der Waals surface area contributed by atoms with Crippen molar-refractivity contribution in [2.75, 3.05) is 0 Å². The highest BCUT2D eigenvalue weighted by atomic mass is 35.6. The van der Waals surface area contributed by atoms with Crippen LogP contribution in [0.2, 0.25) is 12.1 Å². The van der Waals surface area contributed by atoms with Gasteiger partial charge in [-0.1, -0.05) is 43.3 Å². The Bertz CT molecular complexity index is 271. The Morgan fingerprint density at radius 1 is 1.38 bits per heavy atom. The van der Waals surface area contributed by atoms with Crippen molar-refractivity contribution >= 4 is 23.6 Å². The Morgan fingerprint density at radius 3 is 2.46 bits per heavy atom. The lowest BCUT2D eigenvalue weighted by molar-refractivity contribution is 1.38. The van der Waals surface area contributed by atoms with Gasteiger partial charge in [0.2, 0.25) is 0 Å². The van der Waals surface area contributed by atoms with E-state index in [4.69, 9.17) is 11.1 Å². The van der Waals surface area contributed by atoms with Crippen LogP contribution >= 0.6 is 11.1 Å². The van der Waals surface area contributed by atoms with E-state index in [1.165, 1.54) is 5.19 Å². The lowest BCUT2D eigenvalue weighted by Crippen LogP contribution is -2.40. The highest BCUT2D eigenvalue weighted by Gasteiger charge is 2.28.